The second-order valence-electron chi connectivity index (χ2n) is 5.04. The Morgan fingerprint density at radius 3 is 2.74 bits per heavy atom. The van der Waals surface area contributed by atoms with Gasteiger partial charge in [0.1, 0.15) is 5.82 Å². The summed E-state index contributed by atoms with van der Waals surface area (Å²) in [6.07, 6.45) is 2.23. The summed E-state index contributed by atoms with van der Waals surface area (Å²) >= 11 is 0. The van der Waals surface area contributed by atoms with Crippen LogP contribution in [0.1, 0.15) is 38.3 Å². The van der Waals surface area contributed by atoms with Crippen LogP contribution in [0.3, 0.4) is 0 Å². The van der Waals surface area contributed by atoms with Crippen LogP contribution in [0.4, 0.5) is 4.39 Å². The molecule has 104 valence electrons. The first kappa shape index (κ1) is 14.0. The number of carbonyl (C=O) groups excluding carboxylic acids is 1. The molecule has 4 heteroatoms. The van der Waals surface area contributed by atoms with Crippen molar-refractivity contribution in [1.82, 2.24) is 10.2 Å². The normalized spacial score (nSPS) is 16.2. The fourth-order valence-electron chi connectivity index (χ4n) is 2.30. The average molecular weight is 264 g/mol. The molecule has 0 aromatic heterocycles. The Balaban J connectivity index is 1.88. The zero-order valence-electron chi connectivity index (χ0n) is 11.5. The van der Waals surface area contributed by atoms with E-state index in [0.29, 0.717) is 11.6 Å². The molecule has 0 spiro atoms. The highest BCUT2D eigenvalue weighted by Gasteiger charge is 2.31. The van der Waals surface area contributed by atoms with Gasteiger partial charge in [0.25, 0.3) is 0 Å². The molecule has 3 nitrogen and oxygen atoms in total. The summed E-state index contributed by atoms with van der Waals surface area (Å²) in [6, 6.07) is 6.93. The summed E-state index contributed by atoms with van der Waals surface area (Å²) < 4.78 is 13.6. The minimum atomic E-state index is -0.232. The van der Waals surface area contributed by atoms with Gasteiger partial charge in [-0.3, -0.25) is 4.79 Å². The van der Waals surface area contributed by atoms with Crippen LogP contribution in [0.25, 0.3) is 0 Å². The Bertz CT molecular complexity index is 446. The van der Waals surface area contributed by atoms with Crippen molar-refractivity contribution in [3.05, 3.63) is 35.6 Å². The van der Waals surface area contributed by atoms with Crippen molar-refractivity contribution in [2.24, 2.45) is 0 Å². The van der Waals surface area contributed by atoms with Gasteiger partial charge in [-0.2, -0.15) is 0 Å². The van der Waals surface area contributed by atoms with Crippen molar-refractivity contribution in [1.29, 1.82) is 0 Å². The van der Waals surface area contributed by atoms with Gasteiger partial charge in [-0.25, -0.2) is 4.39 Å². The molecule has 1 unspecified atom stereocenters. The number of carbonyl (C=O) groups is 1. The molecule has 1 atom stereocenters. The van der Waals surface area contributed by atoms with Crippen molar-refractivity contribution in [2.45, 2.75) is 38.8 Å². The van der Waals surface area contributed by atoms with E-state index in [1.165, 1.54) is 6.07 Å². The van der Waals surface area contributed by atoms with Crippen molar-refractivity contribution in [2.75, 3.05) is 13.1 Å². The largest absolute Gasteiger partial charge is 0.339 e. The standard InChI is InChI=1S/C15H21FN2O/c1-3-18(12-8-9-12)15(19)10-17-11(2)13-6-4-5-7-14(13)16/h4-7,11-12,17H,3,8-10H2,1-2H3. The first-order chi connectivity index (χ1) is 9.13. The molecule has 1 fully saturated rings. The summed E-state index contributed by atoms with van der Waals surface area (Å²) in [4.78, 5) is 13.9. The molecule has 0 radical (unpaired) electrons. The predicted molar refractivity (Wildman–Crippen MR) is 73.2 cm³/mol. The van der Waals surface area contributed by atoms with Gasteiger partial charge >= 0.3 is 0 Å². The summed E-state index contributed by atoms with van der Waals surface area (Å²) in [5.41, 5.74) is 0.602. The molecule has 1 aromatic carbocycles. The maximum atomic E-state index is 13.6. The highest BCUT2D eigenvalue weighted by molar-refractivity contribution is 5.79. The molecule has 0 aliphatic heterocycles. The van der Waals surface area contributed by atoms with E-state index < -0.39 is 0 Å². The van der Waals surface area contributed by atoms with Crippen LogP contribution in [0, 0.1) is 5.82 Å². The summed E-state index contributed by atoms with van der Waals surface area (Å²) in [7, 11) is 0. The number of hydrogen-bond acceptors (Lipinski definition) is 2. The van der Waals surface area contributed by atoms with Gasteiger partial charge in [-0.05, 0) is 32.8 Å². The van der Waals surface area contributed by atoms with E-state index in [9.17, 15) is 9.18 Å². The first-order valence-corrected chi connectivity index (χ1v) is 6.90. The lowest BCUT2D eigenvalue weighted by Crippen LogP contribution is -2.40. The molecule has 1 aromatic rings. The van der Waals surface area contributed by atoms with E-state index in [-0.39, 0.29) is 24.3 Å². The van der Waals surface area contributed by atoms with E-state index in [1.54, 1.807) is 18.2 Å². The van der Waals surface area contributed by atoms with Gasteiger partial charge in [0.05, 0.1) is 6.54 Å². The van der Waals surface area contributed by atoms with E-state index in [1.807, 2.05) is 18.7 Å². The van der Waals surface area contributed by atoms with Crippen molar-refractivity contribution < 1.29 is 9.18 Å². The SMILES string of the molecule is CCN(C(=O)CNC(C)c1ccccc1F)C1CC1. The minimum Gasteiger partial charge on any atom is -0.339 e. The van der Waals surface area contributed by atoms with Crippen LogP contribution < -0.4 is 5.32 Å². The number of halogens is 1. The van der Waals surface area contributed by atoms with Crippen molar-refractivity contribution >= 4 is 5.91 Å². The highest BCUT2D eigenvalue weighted by Crippen LogP contribution is 2.26. The maximum Gasteiger partial charge on any atom is 0.236 e. The molecule has 1 N–H and O–H groups in total. The highest BCUT2D eigenvalue weighted by atomic mass is 19.1. The molecule has 0 bridgehead atoms. The van der Waals surface area contributed by atoms with Crippen LogP contribution in [0.2, 0.25) is 0 Å². The fraction of sp³-hybridized carbons (Fsp3) is 0.533. The summed E-state index contributed by atoms with van der Waals surface area (Å²) in [6.45, 7) is 4.88. The van der Waals surface area contributed by atoms with Crippen LogP contribution in [0.5, 0.6) is 0 Å². The Hall–Kier alpha value is -1.42. The smallest absolute Gasteiger partial charge is 0.236 e. The summed E-state index contributed by atoms with van der Waals surface area (Å²) in [5, 5.41) is 3.11. The van der Waals surface area contributed by atoms with Gasteiger partial charge < -0.3 is 10.2 Å². The molecule has 1 aliphatic carbocycles. The molecule has 0 saturated heterocycles. The van der Waals surface area contributed by atoms with E-state index in [2.05, 4.69) is 5.32 Å². The molecule has 19 heavy (non-hydrogen) atoms. The lowest BCUT2D eigenvalue weighted by Gasteiger charge is -2.22. The number of hydrogen-bond donors (Lipinski definition) is 1. The zero-order chi connectivity index (χ0) is 13.8. The lowest BCUT2D eigenvalue weighted by atomic mass is 10.1. The zero-order valence-corrected chi connectivity index (χ0v) is 11.5. The van der Waals surface area contributed by atoms with Gasteiger partial charge in [-0.1, -0.05) is 18.2 Å². The minimum absolute atomic E-state index is 0.105. The second-order valence-corrected chi connectivity index (χ2v) is 5.04. The summed E-state index contributed by atoms with van der Waals surface area (Å²) in [5.74, 6) is -0.127. The number of nitrogens with zero attached hydrogens (tertiary/aromatic N) is 1. The third-order valence-electron chi connectivity index (χ3n) is 3.58. The third-order valence-corrected chi connectivity index (χ3v) is 3.58. The van der Waals surface area contributed by atoms with Gasteiger partial charge in [0.2, 0.25) is 5.91 Å². The maximum absolute atomic E-state index is 13.6. The third kappa shape index (κ3) is 3.53. The Labute approximate surface area is 113 Å². The van der Waals surface area contributed by atoms with Gasteiger partial charge in [0.15, 0.2) is 0 Å². The molecule has 0 heterocycles. The van der Waals surface area contributed by atoms with Crippen LogP contribution >= 0.6 is 0 Å². The number of benzene rings is 1. The molecule has 1 saturated carbocycles. The number of rotatable bonds is 6. The first-order valence-electron chi connectivity index (χ1n) is 6.90. The average Bonchev–Trinajstić information content (AvgIpc) is 3.22. The Morgan fingerprint density at radius 2 is 2.16 bits per heavy atom. The van der Waals surface area contributed by atoms with Crippen molar-refractivity contribution in [3.8, 4) is 0 Å². The van der Waals surface area contributed by atoms with Crippen LogP contribution in [0.15, 0.2) is 24.3 Å². The number of nitrogens with one attached hydrogen (secondary N) is 1. The van der Waals surface area contributed by atoms with Crippen molar-refractivity contribution in [3.63, 3.8) is 0 Å². The molecule has 1 amide bonds. The number of amides is 1. The monoisotopic (exact) mass is 264 g/mol. The topological polar surface area (TPSA) is 32.3 Å². The second kappa shape index (κ2) is 6.15. The van der Waals surface area contributed by atoms with E-state index in [0.717, 1.165) is 19.4 Å². The van der Waals surface area contributed by atoms with Crippen LogP contribution in [-0.4, -0.2) is 29.9 Å². The number of likely N-dealkylation sites (N-methyl/N-ethyl adjacent to an activating group) is 1. The molecule has 1 aliphatic rings. The fourth-order valence-corrected chi connectivity index (χ4v) is 2.30. The van der Waals surface area contributed by atoms with E-state index in [4.69, 9.17) is 0 Å². The molecular weight excluding hydrogens is 243 g/mol. The van der Waals surface area contributed by atoms with Gasteiger partial charge in [0, 0.05) is 24.2 Å². The molecule has 2 rings (SSSR count). The Morgan fingerprint density at radius 1 is 1.47 bits per heavy atom. The molecular formula is C15H21FN2O. The predicted octanol–water partition coefficient (Wildman–Crippen LogP) is 2.49. The Kier molecular flexibility index (Phi) is 4.53. The lowest BCUT2D eigenvalue weighted by molar-refractivity contribution is -0.130. The quantitative estimate of drug-likeness (QED) is 0.856. The van der Waals surface area contributed by atoms with E-state index >= 15 is 0 Å². The van der Waals surface area contributed by atoms with Crippen LogP contribution in [-0.2, 0) is 4.79 Å². The van der Waals surface area contributed by atoms with Gasteiger partial charge in [-0.15, -0.1) is 0 Å².